The molecule has 0 radical (unpaired) electrons. The van der Waals surface area contributed by atoms with Gasteiger partial charge in [0.05, 0.1) is 15.9 Å². The van der Waals surface area contributed by atoms with E-state index in [0.717, 1.165) is 35.1 Å². The molecular formula is C14H24BrN3O. The second-order valence-electron chi connectivity index (χ2n) is 5.12. The van der Waals surface area contributed by atoms with E-state index in [2.05, 4.69) is 34.9 Å². The maximum Gasteiger partial charge on any atom is 0.138 e. The van der Waals surface area contributed by atoms with Crippen molar-refractivity contribution < 1.29 is 4.79 Å². The molecule has 1 rings (SSSR count). The second kappa shape index (κ2) is 7.80. The van der Waals surface area contributed by atoms with Crippen LogP contribution in [0.2, 0.25) is 0 Å². The summed E-state index contributed by atoms with van der Waals surface area (Å²) < 4.78 is 2.80. The molecule has 4 nitrogen and oxygen atoms in total. The van der Waals surface area contributed by atoms with E-state index in [1.165, 1.54) is 0 Å². The molecule has 0 bridgehead atoms. The number of carbonyl (C=O) groups is 1. The van der Waals surface area contributed by atoms with Crippen LogP contribution in [-0.2, 0) is 24.7 Å². The highest BCUT2D eigenvalue weighted by molar-refractivity contribution is 9.10. The molecule has 0 aliphatic heterocycles. The van der Waals surface area contributed by atoms with Gasteiger partial charge in [-0.05, 0) is 47.7 Å². The first-order valence-electron chi connectivity index (χ1n) is 6.91. The molecule has 5 heteroatoms. The van der Waals surface area contributed by atoms with Crippen LogP contribution in [0.3, 0.4) is 0 Å². The van der Waals surface area contributed by atoms with Crippen LogP contribution in [0.1, 0.15) is 44.5 Å². The Balaban J connectivity index is 2.55. The van der Waals surface area contributed by atoms with Crippen molar-refractivity contribution in [3.8, 4) is 0 Å². The zero-order valence-corrected chi connectivity index (χ0v) is 13.7. The van der Waals surface area contributed by atoms with E-state index in [1.807, 2.05) is 11.7 Å². The molecule has 1 aromatic rings. The van der Waals surface area contributed by atoms with Crippen LogP contribution in [0.5, 0.6) is 0 Å². The van der Waals surface area contributed by atoms with E-state index in [9.17, 15) is 4.79 Å². The minimum Gasteiger partial charge on any atom is -0.330 e. The van der Waals surface area contributed by atoms with E-state index in [4.69, 9.17) is 5.73 Å². The van der Waals surface area contributed by atoms with Crippen molar-refractivity contribution in [2.45, 2.75) is 46.0 Å². The molecule has 1 heterocycles. The maximum absolute atomic E-state index is 12.0. The average Bonchev–Trinajstić information content (AvgIpc) is 2.64. The van der Waals surface area contributed by atoms with Gasteiger partial charge in [-0.1, -0.05) is 13.8 Å². The van der Waals surface area contributed by atoms with Crippen LogP contribution in [-0.4, -0.2) is 22.1 Å². The van der Waals surface area contributed by atoms with Gasteiger partial charge in [-0.2, -0.15) is 5.10 Å². The number of nitrogens with zero attached hydrogens (tertiary/aromatic N) is 2. The van der Waals surface area contributed by atoms with E-state index in [-0.39, 0.29) is 5.78 Å². The molecule has 0 amide bonds. The van der Waals surface area contributed by atoms with Crippen molar-refractivity contribution in [2.24, 2.45) is 18.7 Å². The third-order valence-electron chi connectivity index (χ3n) is 3.44. The summed E-state index contributed by atoms with van der Waals surface area (Å²) in [5, 5.41) is 4.41. The van der Waals surface area contributed by atoms with Gasteiger partial charge in [-0.25, -0.2) is 0 Å². The first-order chi connectivity index (χ1) is 8.99. The summed E-state index contributed by atoms with van der Waals surface area (Å²) in [6.45, 7) is 4.91. The fourth-order valence-corrected chi connectivity index (χ4v) is 2.88. The Morgan fingerprint density at radius 2 is 2.16 bits per heavy atom. The maximum atomic E-state index is 12.0. The van der Waals surface area contributed by atoms with Gasteiger partial charge in [-0.3, -0.25) is 9.48 Å². The lowest BCUT2D eigenvalue weighted by molar-refractivity contribution is -0.118. The summed E-state index contributed by atoms with van der Waals surface area (Å²) in [5.74, 6) is 0.797. The number of carbonyl (C=O) groups excluding carboxylic acids is 1. The molecule has 1 atom stereocenters. The van der Waals surface area contributed by atoms with Crippen LogP contribution >= 0.6 is 15.9 Å². The Kier molecular flexibility index (Phi) is 6.72. The van der Waals surface area contributed by atoms with Gasteiger partial charge in [0, 0.05) is 19.9 Å². The Morgan fingerprint density at radius 1 is 1.47 bits per heavy atom. The van der Waals surface area contributed by atoms with Gasteiger partial charge < -0.3 is 5.73 Å². The first kappa shape index (κ1) is 16.4. The highest BCUT2D eigenvalue weighted by Crippen LogP contribution is 2.23. The van der Waals surface area contributed by atoms with Crippen LogP contribution in [0.25, 0.3) is 0 Å². The number of hydrogen-bond acceptors (Lipinski definition) is 3. The number of aromatic nitrogens is 2. The number of rotatable bonds is 8. The normalized spacial score (nSPS) is 12.7. The summed E-state index contributed by atoms with van der Waals surface area (Å²) in [6, 6.07) is 0. The molecule has 0 saturated heterocycles. The molecule has 19 heavy (non-hydrogen) atoms. The lowest BCUT2D eigenvalue weighted by Gasteiger charge is -2.09. The lowest BCUT2D eigenvalue weighted by Crippen LogP contribution is -2.11. The number of ketones is 1. The summed E-state index contributed by atoms with van der Waals surface area (Å²) in [6.07, 6.45) is 3.87. The first-order valence-corrected chi connectivity index (χ1v) is 7.70. The molecule has 1 aromatic heterocycles. The monoisotopic (exact) mass is 329 g/mol. The largest absolute Gasteiger partial charge is 0.330 e. The molecule has 2 N–H and O–H groups in total. The Hall–Kier alpha value is -0.680. The summed E-state index contributed by atoms with van der Waals surface area (Å²) >= 11 is 3.54. The number of aryl methyl sites for hydroxylation is 2. The molecule has 0 aromatic carbocycles. The van der Waals surface area contributed by atoms with Crippen molar-refractivity contribution >= 4 is 21.7 Å². The van der Waals surface area contributed by atoms with Gasteiger partial charge in [0.25, 0.3) is 0 Å². The smallest absolute Gasteiger partial charge is 0.138 e. The molecule has 108 valence electrons. The molecule has 0 aliphatic rings. The van der Waals surface area contributed by atoms with Crippen molar-refractivity contribution in [1.29, 1.82) is 0 Å². The predicted octanol–water partition coefficient (Wildman–Crippen LogP) is 2.62. The van der Waals surface area contributed by atoms with E-state index >= 15 is 0 Å². The molecule has 0 fully saturated rings. The van der Waals surface area contributed by atoms with Gasteiger partial charge in [-0.15, -0.1) is 0 Å². The number of halogens is 1. The highest BCUT2D eigenvalue weighted by atomic mass is 79.9. The SMILES string of the molecule is CCc1nn(C)c(CC(=O)CCC(C)CCN)c1Br. The quantitative estimate of drug-likeness (QED) is 0.797. The molecular weight excluding hydrogens is 306 g/mol. The van der Waals surface area contributed by atoms with Gasteiger partial charge >= 0.3 is 0 Å². The predicted molar refractivity (Wildman–Crippen MR) is 81.1 cm³/mol. The fraction of sp³-hybridized carbons (Fsp3) is 0.714. The van der Waals surface area contributed by atoms with Crippen LogP contribution < -0.4 is 5.73 Å². The Bertz CT molecular complexity index is 429. The topological polar surface area (TPSA) is 60.9 Å². The number of hydrogen-bond donors (Lipinski definition) is 1. The third-order valence-corrected chi connectivity index (χ3v) is 4.36. The fourth-order valence-electron chi connectivity index (χ4n) is 2.12. The highest BCUT2D eigenvalue weighted by Gasteiger charge is 2.16. The molecule has 1 unspecified atom stereocenters. The van der Waals surface area contributed by atoms with E-state index in [1.54, 1.807) is 0 Å². The van der Waals surface area contributed by atoms with Crippen molar-refractivity contribution in [2.75, 3.05) is 6.54 Å². The van der Waals surface area contributed by atoms with E-state index < -0.39 is 0 Å². The van der Waals surface area contributed by atoms with Gasteiger partial charge in [0.2, 0.25) is 0 Å². The van der Waals surface area contributed by atoms with Crippen LogP contribution in [0.15, 0.2) is 4.47 Å². The molecule has 0 spiro atoms. The lowest BCUT2D eigenvalue weighted by atomic mass is 9.99. The summed E-state index contributed by atoms with van der Waals surface area (Å²) in [7, 11) is 1.89. The number of Topliss-reactive ketones (excluding diaryl/α,β-unsaturated/α-hetero) is 1. The standard InChI is InChI=1S/C14H24BrN3O/c1-4-12-14(15)13(18(3)17-12)9-11(19)6-5-10(2)7-8-16/h10H,4-9,16H2,1-3H3. The zero-order chi connectivity index (χ0) is 14.4. The van der Waals surface area contributed by atoms with Crippen LogP contribution in [0.4, 0.5) is 0 Å². The Labute approximate surface area is 123 Å². The van der Waals surface area contributed by atoms with Crippen molar-refractivity contribution in [3.63, 3.8) is 0 Å². The molecule has 0 aliphatic carbocycles. The van der Waals surface area contributed by atoms with Crippen molar-refractivity contribution in [1.82, 2.24) is 9.78 Å². The third kappa shape index (κ3) is 4.73. The second-order valence-corrected chi connectivity index (χ2v) is 5.91. The average molecular weight is 330 g/mol. The van der Waals surface area contributed by atoms with Crippen LogP contribution in [0, 0.1) is 5.92 Å². The zero-order valence-electron chi connectivity index (χ0n) is 12.1. The summed E-state index contributed by atoms with van der Waals surface area (Å²) in [4.78, 5) is 12.0. The minimum atomic E-state index is 0.273. The van der Waals surface area contributed by atoms with Crippen molar-refractivity contribution in [3.05, 3.63) is 15.9 Å². The van der Waals surface area contributed by atoms with Gasteiger partial charge in [0.15, 0.2) is 0 Å². The minimum absolute atomic E-state index is 0.273. The Morgan fingerprint density at radius 3 is 2.68 bits per heavy atom. The molecule has 0 saturated carbocycles. The van der Waals surface area contributed by atoms with E-state index in [0.29, 0.717) is 25.3 Å². The summed E-state index contributed by atoms with van der Waals surface area (Å²) in [5.41, 5.74) is 7.51. The number of nitrogens with two attached hydrogens (primary N) is 1. The van der Waals surface area contributed by atoms with Gasteiger partial charge in [0.1, 0.15) is 5.78 Å².